The van der Waals surface area contributed by atoms with Crippen LogP contribution < -0.4 is 15.0 Å². The molecule has 10 nitrogen and oxygen atoms in total. The summed E-state index contributed by atoms with van der Waals surface area (Å²) < 4.78 is 32.5. The zero-order valence-corrected chi connectivity index (χ0v) is 18.4. The number of benzene rings is 1. The van der Waals surface area contributed by atoms with Gasteiger partial charge in [0.1, 0.15) is 11.8 Å². The quantitative estimate of drug-likeness (QED) is 0.632. The summed E-state index contributed by atoms with van der Waals surface area (Å²) in [5, 5.41) is 2.67. The normalized spacial score (nSPS) is 20.9. The van der Waals surface area contributed by atoms with Crippen molar-refractivity contribution < 1.29 is 22.7 Å². The van der Waals surface area contributed by atoms with Crippen molar-refractivity contribution in [3.63, 3.8) is 0 Å². The third kappa shape index (κ3) is 4.68. The van der Waals surface area contributed by atoms with Crippen LogP contribution in [0.5, 0.6) is 5.75 Å². The van der Waals surface area contributed by atoms with Crippen molar-refractivity contribution in [2.45, 2.75) is 12.5 Å². The van der Waals surface area contributed by atoms with E-state index in [0.29, 0.717) is 26.2 Å². The maximum absolute atomic E-state index is 12.9. The number of carbonyl (C=O) groups excluding carboxylic acids is 2. The Kier molecular flexibility index (Phi) is 6.84. The summed E-state index contributed by atoms with van der Waals surface area (Å²) in [4.78, 5) is 29.1. The van der Waals surface area contributed by atoms with E-state index in [2.05, 4.69) is 10.2 Å². The van der Waals surface area contributed by atoms with Gasteiger partial charge >= 0.3 is 0 Å². The number of methoxy groups -OCH3 is 1. The lowest BCUT2D eigenvalue weighted by Gasteiger charge is -2.38. The number of ether oxygens (including phenoxy) is 1. The minimum Gasteiger partial charge on any atom is -0.497 e. The second-order valence-corrected chi connectivity index (χ2v) is 9.57. The molecule has 0 spiro atoms. The van der Waals surface area contributed by atoms with Gasteiger partial charge in [-0.05, 0) is 24.3 Å². The monoisotopic (exact) mass is 439 g/mol. The number of anilines is 1. The standard InChI is InChI=1S/C19H29N5O5S/c1-21(2)30(27,28)24-9-8-20-19(26)17(24)14-18(25)23-12-10-22(11-13-23)15-4-6-16(29-3)7-5-15/h4-7,17H,8-14H2,1-3H3,(H,20,26). The molecule has 0 aliphatic carbocycles. The van der Waals surface area contributed by atoms with Gasteiger partial charge in [0.15, 0.2) is 0 Å². The third-order valence-electron chi connectivity index (χ3n) is 5.48. The Labute approximate surface area is 177 Å². The topological polar surface area (TPSA) is 102 Å². The Morgan fingerprint density at radius 1 is 1.13 bits per heavy atom. The lowest BCUT2D eigenvalue weighted by atomic mass is 10.1. The first-order valence-electron chi connectivity index (χ1n) is 9.88. The highest BCUT2D eigenvalue weighted by Gasteiger charge is 2.40. The van der Waals surface area contributed by atoms with Crippen LogP contribution in [-0.4, -0.2) is 100 Å². The molecule has 2 heterocycles. The molecule has 0 saturated carbocycles. The van der Waals surface area contributed by atoms with Crippen molar-refractivity contribution in [2.24, 2.45) is 0 Å². The molecule has 2 aliphatic heterocycles. The summed E-state index contributed by atoms with van der Waals surface area (Å²) in [6.45, 7) is 2.73. The number of hydrogen-bond acceptors (Lipinski definition) is 6. The number of carbonyl (C=O) groups is 2. The Morgan fingerprint density at radius 3 is 2.33 bits per heavy atom. The molecule has 3 rings (SSSR count). The first kappa shape index (κ1) is 22.3. The summed E-state index contributed by atoms with van der Waals surface area (Å²) in [6, 6.07) is 6.72. The van der Waals surface area contributed by atoms with Crippen LogP contribution >= 0.6 is 0 Å². The molecule has 2 amide bonds. The van der Waals surface area contributed by atoms with Gasteiger partial charge in [0.25, 0.3) is 10.2 Å². The van der Waals surface area contributed by atoms with E-state index in [1.165, 1.54) is 14.1 Å². The lowest BCUT2D eigenvalue weighted by molar-refractivity contribution is -0.137. The van der Waals surface area contributed by atoms with Crippen LogP contribution in [0.15, 0.2) is 24.3 Å². The fourth-order valence-electron chi connectivity index (χ4n) is 3.68. The van der Waals surface area contributed by atoms with Crippen LogP contribution in [0.1, 0.15) is 6.42 Å². The van der Waals surface area contributed by atoms with Gasteiger partial charge in [-0.25, -0.2) is 0 Å². The van der Waals surface area contributed by atoms with E-state index in [1.807, 2.05) is 24.3 Å². The first-order chi connectivity index (χ1) is 14.2. The highest BCUT2D eigenvalue weighted by Crippen LogP contribution is 2.22. The molecule has 0 aromatic heterocycles. The van der Waals surface area contributed by atoms with E-state index in [4.69, 9.17) is 4.74 Å². The molecule has 1 aromatic carbocycles. The number of nitrogens with zero attached hydrogens (tertiary/aromatic N) is 4. The van der Waals surface area contributed by atoms with Crippen molar-refractivity contribution in [2.75, 3.05) is 65.4 Å². The van der Waals surface area contributed by atoms with E-state index < -0.39 is 22.2 Å². The van der Waals surface area contributed by atoms with Crippen molar-refractivity contribution in [3.8, 4) is 5.75 Å². The number of nitrogens with one attached hydrogen (secondary N) is 1. The van der Waals surface area contributed by atoms with E-state index in [9.17, 15) is 18.0 Å². The minimum atomic E-state index is -3.79. The van der Waals surface area contributed by atoms with Crippen LogP contribution in [0.4, 0.5) is 5.69 Å². The molecule has 2 fully saturated rings. The SMILES string of the molecule is COc1ccc(N2CCN(C(=O)CC3C(=O)NCCN3S(=O)(=O)N(C)C)CC2)cc1. The summed E-state index contributed by atoms with van der Waals surface area (Å²) in [7, 11) is 0.661. The molecule has 30 heavy (non-hydrogen) atoms. The van der Waals surface area contributed by atoms with Crippen molar-refractivity contribution in [3.05, 3.63) is 24.3 Å². The second-order valence-electron chi connectivity index (χ2n) is 7.48. The molecule has 0 radical (unpaired) electrons. The predicted octanol–water partition coefficient (Wildman–Crippen LogP) is -0.659. The van der Waals surface area contributed by atoms with Crippen molar-refractivity contribution in [1.82, 2.24) is 18.8 Å². The third-order valence-corrected chi connectivity index (χ3v) is 7.43. The first-order valence-corrected chi connectivity index (χ1v) is 11.3. The zero-order valence-electron chi connectivity index (χ0n) is 17.6. The largest absolute Gasteiger partial charge is 0.497 e. The molecule has 2 saturated heterocycles. The number of piperazine rings is 2. The molecule has 2 aliphatic rings. The average molecular weight is 440 g/mol. The molecule has 0 bridgehead atoms. The molecule has 1 unspecified atom stereocenters. The van der Waals surface area contributed by atoms with Crippen LogP contribution in [0.2, 0.25) is 0 Å². The highest BCUT2D eigenvalue weighted by atomic mass is 32.2. The summed E-state index contributed by atoms with van der Waals surface area (Å²) in [5.41, 5.74) is 1.05. The van der Waals surface area contributed by atoms with E-state index in [0.717, 1.165) is 20.0 Å². The zero-order chi connectivity index (χ0) is 21.9. The van der Waals surface area contributed by atoms with E-state index in [-0.39, 0.29) is 25.4 Å². The van der Waals surface area contributed by atoms with Gasteiger partial charge in [0.05, 0.1) is 13.5 Å². The highest BCUT2D eigenvalue weighted by molar-refractivity contribution is 7.86. The van der Waals surface area contributed by atoms with Crippen LogP contribution in [0.25, 0.3) is 0 Å². The van der Waals surface area contributed by atoms with Gasteiger partial charge < -0.3 is 19.9 Å². The van der Waals surface area contributed by atoms with Crippen LogP contribution in [0.3, 0.4) is 0 Å². The molecule has 1 N–H and O–H groups in total. The number of hydrogen-bond donors (Lipinski definition) is 1. The number of rotatable bonds is 6. The van der Waals surface area contributed by atoms with Crippen LogP contribution in [-0.2, 0) is 19.8 Å². The van der Waals surface area contributed by atoms with Gasteiger partial charge in [0.2, 0.25) is 11.8 Å². The summed E-state index contributed by atoms with van der Waals surface area (Å²) in [5.74, 6) is 0.137. The predicted molar refractivity (Wildman–Crippen MR) is 113 cm³/mol. The molecular formula is C19H29N5O5S. The summed E-state index contributed by atoms with van der Waals surface area (Å²) >= 11 is 0. The van der Waals surface area contributed by atoms with Gasteiger partial charge in [0, 0.05) is 59.1 Å². The fraction of sp³-hybridized carbons (Fsp3) is 0.579. The minimum absolute atomic E-state index is 0.148. The van der Waals surface area contributed by atoms with Gasteiger partial charge in [-0.2, -0.15) is 17.0 Å². The van der Waals surface area contributed by atoms with Gasteiger partial charge in [-0.15, -0.1) is 0 Å². The average Bonchev–Trinajstić information content (AvgIpc) is 2.75. The number of amides is 2. The summed E-state index contributed by atoms with van der Waals surface area (Å²) in [6.07, 6.45) is -0.165. The smallest absolute Gasteiger partial charge is 0.282 e. The van der Waals surface area contributed by atoms with Crippen molar-refractivity contribution >= 4 is 27.7 Å². The lowest BCUT2D eigenvalue weighted by Crippen LogP contribution is -2.60. The van der Waals surface area contributed by atoms with E-state index in [1.54, 1.807) is 12.0 Å². The van der Waals surface area contributed by atoms with Crippen LogP contribution in [0, 0.1) is 0 Å². The Balaban J connectivity index is 1.62. The Hall–Kier alpha value is -2.37. The molecule has 166 valence electrons. The van der Waals surface area contributed by atoms with Gasteiger partial charge in [-0.3, -0.25) is 9.59 Å². The molecule has 1 atom stereocenters. The Morgan fingerprint density at radius 2 is 1.77 bits per heavy atom. The van der Waals surface area contributed by atoms with E-state index >= 15 is 0 Å². The molecule has 11 heteroatoms. The fourth-order valence-corrected chi connectivity index (χ4v) is 4.91. The molecular weight excluding hydrogens is 410 g/mol. The molecule has 1 aromatic rings. The second kappa shape index (κ2) is 9.19. The van der Waals surface area contributed by atoms with Gasteiger partial charge in [-0.1, -0.05) is 0 Å². The van der Waals surface area contributed by atoms with Crippen molar-refractivity contribution in [1.29, 1.82) is 0 Å². The maximum Gasteiger partial charge on any atom is 0.282 e. The Bertz CT molecular complexity index is 866. The maximum atomic E-state index is 12.9.